The lowest BCUT2D eigenvalue weighted by Crippen LogP contribution is -2.47. The largest absolute Gasteiger partial charge is 0.391 e. The number of hydrogen-bond donors (Lipinski definition) is 2. The maximum absolute atomic E-state index is 12.2. The second-order valence-electron chi connectivity index (χ2n) is 5.15. The summed E-state index contributed by atoms with van der Waals surface area (Å²) in [7, 11) is 0. The molecular formula is C12H21F3N2O. The van der Waals surface area contributed by atoms with Crippen molar-refractivity contribution in [3.63, 3.8) is 0 Å². The molecule has 2 unspecified atom stereocenters. The molecule has 0 aromatic heterocycles. The maximum atomic E-state index is 12.2. The Bertz CT molecular complexity index is 286. The molecule has 1 heterocycles. The van der Waals surface area contributed by atoms with Crippen molar-refractivity contribution in [1.82, 2.24) is 10.6 Å². The van der Waals surface area contributed by atoms with Gasteiger partial charge in [-0.25, -0.2) is 0 Å². The molecule has 18 heavy (non-hydrogen) atoms. The maximum Gasteiger partial charge on any atom is 0.391 e. The number of halogens is 3. The van der Waals surface area contributed by atoms with Gasteiger partial charge in [0.1, 0.15) is 0 Å². The molecule has 1 amide bonds. The normalized spacial score (nSPS) is 26.1. The summed E-state index contributed by atoms with van der Waals surface area (Å²) in [6, 6.07) is -0.869. The van der Waals surface area contributed by atoms with E-state index in [1.165, 1.54) is 6.92 Å². The predicted octanol–water partition coefficient (Wildman–Crippen LogP) is 2.22. The molecule has 6 heteroatoms. The summed E-state index contributed by atoms with van der Waals surface area (Å²) in [4.78, 5) is 12.1. The van der Waals surface area contributed by atoms with E-state index < -0.39 is 24.1 Å². The van der Waals surface area contributed by atoms with E-state index in [0.717, 1.165) is 13.0 Å². The Morgan fingerprint density at radius 3 is 2.61 bits per heavy atom. The minimum Gasteiger partial charge on any atom is -0.353 e. The molecule has 2 N–H and O–H groups in total. The molecule has 0 aliphatic carbocycles. The van der Waals surface area contributed by atoms with Gasteiger partial charge < -0.3 is 10.6 Å². The number of hydrogen-bond acceptors (Lipinski definition) is 2. The zero-order valence-corrected chi connectivity index (χ0v) is 10.9. The lowest BCUT2D eigenvalue weighted by molar-refractivity contribution is -0.143. The minimum atomic E-state index is -4.24. The Balaban J connectivity index is 2.57. The van der Waals surface area contributed by atoms with Crippen molar-refractivity contribution in [1.29, 1.82) is 0 Å². The topological polar surface area (TPSA) is 41.1 Å². The van der Waals surface area contributed by atoms with E-state index in [-0.39, 0.29) is 5.91 Å². The molecule has 1 saturated heterocycles. The summed E-state index contributed by atoms with van der Waals surface area (Å²) in [5.74, 6) is -0.244. The van der Waals surface area contributed by atoms with E-state index in [1.807, 2.05) is 6.92 Å². The van der Waals surface area contributed by atoms with Crippen molar-refractivity contribution in [2.75, 3.05) is 13.1 Å². The van der Waals surface area contributed by atoms with Crippen molar-refractivity contribution in [3.05, 3.63) is 0 Å². The first kappa shape index (κ1) is 15.3. The third-order valence-electron chi connectivity index (χ3n) is 3.37. The van der Waals surface area contributed by atoms with Gasteiger partial charge in [0.15, 0.2) is 0 Å². The molecule has 2 atom stereocenters. The highest BCUT2D eigenvalue weighted by molar-refractivity contribution is 5.83. The number of nitrogens with one attached hydrogen (secondary N) is 2. The number of rotatable bonds is 5. The highest BCUT2D eigenvalue weighted by atomic mass is 19.4. The molecule has 0 bridgehead atoms. The first-order valence-electron chi connectivity index (χ1n) is 6.37. The van der Waals surface area contributed by atoms with Gasteiger partial charge in [-0.2, -0.15) is 13.2 Å². The molecule has 1 aliphatic rings. The van der Waals surface area contributed by atoms with Crippen LogP contribution in [0, 0.1) is 5.41 Å². The van der Waals surface area contributed by atoms with Crippen LogP contribution in [-0.4, -0.2) is 31.2 Å². The van der Waals surface area contributed by atoms with E-state index >= 15 is 0 Å². The fraction of sp³-hybridized carbons (Fsp3) is 0.917. The first-order chi connectivity index (χ1) is 8.29. The van der Waals surface area contributed by atoms with Crippen molar-refractivity contribution in [2.45, 2.75) is 51.7 Å². The zero-order valence-electron chi connectivity index (χ0n) is 10.9. The smallest absolute Gasteiger partial charge is 0.353 e. The van der Waals surface area contributed by atoms with E-state index in [4.69, 9.17) is 0 Å². The summed E-state index contributed by atoms with van der Waals surface area (Å²) in [6.07, 6.45) is -2.95. The predicted molar refractivity (Wildman–Crippen MR) is 63.1 cm³/mol. The average molecular weight is 266 g/mol. The van der Waals surface area contributed by atoms with Gasteiger partial charge in [0.05, 0.1) is 11.8 Å². The number of amides is 1. The molecule has 1 rings (SSSR count). The Labute approximate surface area is 106 Å². The minimum absolute atomic E-state index is 0.244. The van der Waals surface area contributed by atoms with E-state index in [1.54, 1.807) is 0 Å². The average Bonchev–Trinajstić information content (AvgIpc) is 2.64. The number of alkyl halides is 3. The molecule has 0 spiro atoms. The van der Waals surface area contributed by atoms with Crippen molar-refractivity contribution in [2.24, 2.45) is 5.41 Å². The molecule has 0 aromatic carbocycles. The summed E-state index contributed by atoms with van der Waals surface area (Å²) in [6.45, 7) is 4.69. The van der Waals surface area contributed by atoms with Gasteiger partial charge in [-0.3, -0.25) is 4.79 Å². The van der Waals surface area contributed by atoms with Crippen LogP contribution < -0.4 is 10.6 Å². The Kier molecular flexibility index (Phi) is 5.01. The molecule has 0 saturated carbocycles. The molecule has 106 valence electrons. The van der Waals surface area contributed by atoms with Crippen LogP contribution in [0.1, 0.15) is 39.5 Å². The van der Waals surface area contributed by atoms with Crippen LogP contribution in [0.5, 0.6) is 0 Å². The third kappa shape index (κ3) is 4.15. The van der Waals surface area contributed by atoms with Gasteiger partial charge >= 0.3 is 6.18 Å². The van der Waals surface area contributed by atoms with Gasteiger partial charge in [0.2, 0.25) is 5.91 Å². The van der Waals surface area contributed by atoms with E-state index in [0.29, 0.717) is 19.4 Å². The fourth-order valence-corrected chi connectivity index (χ4v) is 2.52. The SMILES string of the molecule is CCCC1(C(=O)NC(C)CC(F)(F)F)CCNC1. The number of carbonyl (C=O) groups excluding carboxylic acids is 1. The van der Waals surface area contributed by atoms with Crippen LogP contribution in [0.3, 0.4) is 0 Å². The zero-order chi connectivity index (χ0) is 13.8. The second kappa shape index (κ2) is 5.91. The van der Waals surface area contributed by atoms with Gasteiger partial charge in [0, 0.05) is 12.6 Å². The highest BCUT2D eigenvalue weighted by Crippen LogP contribution is 2.32. The van der Waals surface area contributed by atoms with Crippen molar-refractivity contribution < 1.29 is 18.0 Å². The van der Waals surface area contributed by atoms with Gasteiger partial charge in [-0.05, 0) is 26.3 Å². The quantitative estimate of drug-likeness (QED) is 0.801. The molecule has 1 aliphatic heterocycles. The first-order valence-corrected chi connectivity index (χ1v) is 6.37. The van der Waals surface area contributed by atoms with E-state index in [2.05, 4.69) is 10.6 Å². The summed E-state index contributed by atoms with van der Waals surface area (Å²) in [5, 5.41) is 5.62. The van der Waals surface area contributed by atoms with Gasteiger partial charge in [-0.1, -0.05) is 13.3 Å². The Morgan fingerprint density at radius 1 is 1.50 bits per heavy atom. The third-order valence-corrected chi connectivity index (χ3v) is 3.37. The van der Waals surface area contributed by atoms with Gasteiger partial charge in [0.25, 0.3) is 0 Å². The summed E-state index contributed by atoms with van der Waals surface area (Å²) in [5.41, 5.74) is -0.519. The van der Waals surface area contributed by atoms with Crippen LogP contribution in [0.4, 0.5) is 13.2 Å². The Hall–Kier alpha value is -0.780. The van der Waals surface area contributed by atoms with Crippen LogP contribution in [0.15, 0.2) is 0 Å². The summed E-state index contributed by atoms with van der Waals surface area (Å²) < 4.78 is 36.6. The van der Waals surface area contributed by atoms with Crippen LogP contribution in [0.2, 0.25) is 0 Å². The van der Waals surface area contributed by atoms with E-state index in [9.17, 15) is 18.0 Å². The van der Waals surface area contributed by atoms with Crippen LogP contribution in [-0.2, 0) is 4.79 Å². The second-order valence-corrected chi connectivity index (χ2v) is 5.15. The van der Waals surface area contributed by atoms with Crippen LogP contribution >= 0.6 is 0 Å². The van der Waals surface area contributed by atoms with Crippen molar-refractivity contribution >= 4 is 5.91 Å². The van der Waals surface area contributed by atoms with Crippen molar-refractivity contribution in [3.8, 4) is 0 Å². The molecule has 0 radical (unpaired) electrons. The Morgan fingerprint density at radius 2 is 2.17 bits per heavy atom. The fourth-order valence-electron chi connectivity index (χ4n) is 2.52. The monoisotopic (exact) mass is 266 g/mol. The molecular weight excluding hydrogens is 245 g/mol. The molecule has 3 nitrogen and oxygen atoms in total. The number of carbonyl (C=O) groups is 1. The van der Waals surface area contributed by atoms with Gasteiger partial charge in [-0.15, -0.1) is 0 Å². The lowest BCUT2D eigenvalue weighted by Gasteiger charge is -2.28. The highest BCUT2D eigenvalue weighted by Gasteiger charge is 2.41. The molecule has 0 aromatic rings. The van der Waals surface area contributed by atoms with Crippen LogP contribution in [0.25, 0.3) is 0 Å². The summed E-state index contributed by atoms with van der Waals surface area (Å²) >= 11 is 0. The lowest BCUT2D eigenvalue weighted by atomic mass is 9.81. The molecule has 1 fully saturated rings. The standard InChI is InChI=1S/C12H21F3N2O/c1-3-4-11(5-6-16-8-11)10(18)17-9(2)7-12(13,14)15/h9,16H,3-8H2,1-2H3,(H,17,18).